The third kappa shape index (κ3) is 8.34. The summed E-state index contributed by atoms with van der Waals surface area (Å²) < 4.78 is 28.8. The molecule has 1 heterocycles. The van der Waals surface area contributed by atoms with Crippen LogP contribution in [0.2, 0.25) is 5.02 Å². The van der Waals surface area contributed by atoms with Gasteiger partial charge in [0.15, 0.2) is 0 Å². The Balaban J connectivity index is 1.37. The molecule has 9 nitrogen and oxygen atoms in total. The van der Waals surface area contributed by atoms with E-state index in [1.165, 1.54) is 36.0 Å². The minimum Gasteiger partial charge on any atom is -0.478 e. The first-order valence-corrected chi connectivity index (χ1v) is 16.5. The van der Waals surface area contributed by atoms with Gasteiger partial charge in [-0.2, -0.15) is 0 Å². The fourth-order valence-corrected chi connectivity index (χ4v) is 6.92. The molecule has 5 rings (SSSR count). The van der Waals surface area contributed by atoms with Gasteiger partial charge >= 0.3 is 5.97 Å². The van der Waals surface area contributed by atoms with Gasteiger partial charge in [-0.05, 0) is 65.2 Å². The largest absolute Gasteiger partial charge is 0.478 e. The monoisotopic (exact) mass is 659 g/mol. The molecule has 1 atom stereocenters. The first-order chi connectivity index (χ1) is 21.6. The molecule has 0 aliphatic rings. The molecular formula is C33H26ClN3O6S2. The molecule has 2 N–H and O–H groups in total. The maximum Gasteiger partial charge on any atom is 0.335 e. The molecule has 0 saturated heterocycles. The second-order valence-electron chi connectivity index (χ2n) is 9.98. The number of aromatic nitrogens is 1. The minimum absolute atomic E-state index is 0.0390. The molecule has 5 aromatic rings. The Morgan fingerprint density at radius 1 is 0.978 bits per heavy atom. The van der Waals surface area contributed by atoms with Gasteiger partial charge in [-0.25, -0.2) is 22.9 Å². The first-order valence-electron chi connectivity index (χ1n) is 13.6. The molecule has 0 radical (unpaired) electrons. The first kappa shape index (κ1) is 31.9. The SMILES string of the molecule is O=C(O)c1ccc(CSC(CNS(=O)(=O)c2ccc([N+](=O)[O-])cc2)c2cccc(/C=C/c3ccc4ccc(Cl)cc4n3)c2)cc1. The van der Waals surface area contributed by atoms with Crippen LogP contribution in [0.5, 0.6) is 0 Å². The molecule has 4 aromatic carbocycles. The van der Waals surface area contributed by atoms with Crippen molar-refractivity contribution in [1.82, 2.24) is 9.71 Å². The zero-order chi connectivity index (χ0) is 32.0. The predicted molar refractivity (Wildman–Crippen MR) is 178 cm³/mol. The molecule has 0 aliphatic heterocycles. The highest BCUT2D eigenvalue weighted by atomic mass is 35.5. The lowest BCUT2D eigenvalue weighted by Crippen LogP contribution is -2.27. The van der Waals surface area contributed by atoms with E-state index in [1.807, 2.05) is 66.7 Å². The second kappa shape index (κ2) is 14.0. The van der Waals surface area contributed by atoms with E-state index < -0.39 is 20.9 Å². The van der Waals surface area contributed by atoms with Gasteiger partial charge in [0.05, 0.1) is 26.6 Å². The number of halogens is 1. The van der Waals surface area contributed by atoms with Gasteiger partial charge in [-0.1, -0.05) is 66.2 Å². The Morgan fingerprint density at radius 2 is 1.71 bits per heavy atom. The van der Waals surface area contributed by atoms with Crippen LogP contribution in [0.4, 0.5) is 5.69 Å². The number of aromatic carboxylic acids is 1. The Bertz CT molecular complexity index is 2000. The Kier molecular flexibility index (Phi) is 9.94. The average molecular weight is 660 g/mol. The number of non-ortho nitro benzene ring substituents is 1. The van der Waals surface area contributed by atoms with Crippen LogP contribution < -0.4 is 4.72 Å². The summed E-state index contributed by atoms with van der Waals surface area (Å²) in [6, 6.07) is 28.4. The summed E-state index contributed by atoms with van der Waals surface area (Å²) in [5.41, 5.74) is 4.15. The van der Waals surface area contributed by atoms with Crippen molar-refractivity contribution < 1.29 is 23.2 Å². The number of pyridine rings is 1. The quantitative estimate of drug-likeness (QED) is 0.103. The normalized spacial score (nSPS) is 12.4. The van der Waals surface area contributed by atoms with E-state index in [9.17, 15) is 28.4 Å². The number of nitro benzene ring substituents is 1. The van der Waals surface area contributed by atoms with Crippen molar-refractivity contribution in [2.45, 2.75) is 15.9 Å². The number of carbonyl (C=O) groups is 1. The molecule has 12 heteroatoms. The van der Waals surface area contributed by atoms with Crippen LogP contribution in [0.25, 0.3) is 23.1 Å². The number of rotatable bonds is 12. The number of nitrogens with zero attached hydrogens (tertiary/aromatic N) is 2. The van der Waals surface area contributed by atoms with Gasteiger partial charge in [0, 0.05) is 40.1 Å². The molecule has 0 aliphatic carbocycles. The van der Waals surface area contributed by atoms with Gasteiger partial charge in [0.1, 0.15) is 0 Å². The molecule has 1 unspecified atom stereocenters. The summed E-state index contributed by atoms with van der Waals surface area (Å²) in [6.07, 6.45) is 3.82. The number of nitro groups is 1. The Hall–Kier alpha value is -4.55. The van der Waals surface area contributed by atoms with E-state index in [-0.39, 0.29) is 27.9 Å². The van der Waals surface area contributed by atoms with E-state index in [0.717, 1.165) is 45.4 Å². The van der Waals surface area contributed by atoms with Gasteiger partial charge in [-0.15, -0.1) is 11.8 Å². The molecule has 0 bridgehead atoms. The summed E-state index contributed by atoms with van der Waals surface area (Å²) in [5.74, 6) is -0.520. The van der Waals surface area contributed by atoms with E-state index in [4.69, 9.17) is 11.6 Å². The number of thioether (sulfide) groups is 1. The van der Waals surface area contributed by atoms with Crippen LogP contribution in [0.15, 0.2) is 108 Å². The summed E-state index contributed by atoms with van der Waals surface area (Å²) in [6.45, 7) is 0.0390. The third-order valence-electron chi connectivity index (χ3n) is 6.87. The summed E-state index contributed by atoms with van der Waals surface area (Å²) in [4.78, 5) is 26.2. The fourth-order valence-electron chi connectivity index (χ4n) is 4.47. The fraction of sp³-hybridized carbons (Fsp3) is 0.0909. The molecule has 0 spiro atoms. The van der Waals surface area contributed by atoms with Crippen LogP contribution in [0, 0.1) is 10.1 Å². The van der Waals surface area contributed by atoms with Crippen molar-refractivity contribution in [3.8, 4) is 0 Å². The van der Waals surface area contributed by atoms with Crippen LogP contribution >= 0.6 is 23.4 Å². The highest BCUT2D eigenvalue weighted by molar-refractivity contribution is 7.98. The van der Waals surface area contributed by atoms with Gasteiger partial charge in [-0.3, -0.25) is 10.1 Å². The lowest BCUT2D eigenvalue weighted by molar-refractivity contribution is -0.384. The van der Waals surface area contributed by atoms with E-state index >= 15 is 0 Å². The zero-order valence-electron chi connectivity index (χ0n) is 23.5. The number of fused-ring (bicyclic) bond motifs is 1. The molecule has 45 heavy (non-hydrogen) atoms. The van der Waals surface area contributed by atoms with Crippen LogP contribution in [0.3, 0.4) is 0 Å². The zero-order valence-corrected chi connectivity index (χ0v) is 25.9. The number of carboxylic acids is 1. The van der Waals surface area contributed by atoms with Crippen molar-refractivity contribution in [2.75, 3.05) is 6.54 Å². The van der Waals surface area contributed by atoms with Gasteiger partial charge in [0.2, 0.25) is 10.0 Å². The molecule has 228 valence electrons. The number of nitrogens with one attached hydrogen (secondary N) is 1. The topological polar surface area (TPSA) is 140 Å². The number of hydrogen-bond acceptors (Lipinski definition) is 7. The molecular weight excluding hydrogens is 634 g/mol. The van der Waals surface area contributed by atoms with Crippen molar-refractivity contribution in [3.05, 3.63) is 146 Å². The summed E-state index contributed by atoms with van der Waals surface area (Å²) in [7, 11) is -3.96. The number of benzene rings is 4. The van der Waals surface area contributed by atoms with Crippen LogP contribution in [-0.4, -0.2) is 35.9 Å². The summed E-state index contributed by atoms with van der Waals surface area (Å²) in [5, 5.41) is 21.5. The van der Waals surface area contributed by atoms with Crippen molar-refractivity contribution in [1.29, 1.82) is 0 Å². The average Bonchev–Trinajstić information content (AvgIpc) is 3.04. The van der Waals surface area contributed by atoms with Gasteiger partial charge in [0.25, 0.3) is 5.69 Å². The summed E-state index contributed by atoms with van der Waals surface area (Å²) >= 11 is 7.63. The van der Waals surface area contributed by atoms with Crippen molar-refractivity contribution >= 4 is 68.1 Å². The van der Waals surface area contributed by atoms with Crippen LogP contribution in [0.1, 0.15) is 38.0 Å². The molecule has 0 saturated carbocycles. The lowest BCUT2D eigenvalue weighted by atomic mass is 10.1. The molecule has 0 amide bonds. The number of sulfonamides is 1. The second-order valence-corrected chi connectivity index (χ2v) is 13.4. The number of carboxylic acid groups (broad SMARTS) is 1. The van der Waals surface area contributed by atoms with E-state index in [0.29, 0.717) is 10.8 Å². The van der Waals surface area contributed by atoms with E-state index in [2.05, 4.69) is 9.71 Å². The lowest BCUT2D eigenvalue weighted by Gasteiger charge is -2.19. The Morgan fingerprint density at radius 3 is 2.42 bits per heavy atom. The highest BCUT2D eigenvalue weighted by Crippen LogP contribution is 2.33. The smallest absolute Gasteiger partial charge is 0.335 e. The van der Waals surface area contributed by atoms with Crippen molar-refractivity contribution in [2.24, 2.45) is 0 Å². The molecule has 1 aromatic heterocycles. The minimum atomic E-state index is -3.96. The Labute approximate surface area is 268 Å². The predicted octanol–water partition coefficient (Wildman–Crippen LogP) is 7.62. The maximum absolute atomic E-state index is 13.1. The van der Waals surface area contributed by atoms with E-state index in [1.54, 1.807) is 12.1 Å². The van der Waals surface area contributed by atoms with Crippen molar-refractivity contribution in [3.63, 3.8) is 0 Å². The third-order valence-corrected chi connectivity index (χ3v) is 9.89. The number of hydrogen-bond donors (Lipinski definition) is 2. The molecule has 0 fully saturated rings. The highest BCUT2D eigenvalue weighted by Gasteiger charge is 2.20. The maximum atomic E-state index is 13.1. The van der Waals surface area contributed by atoms with Crippen LogP contribution in [-0.2, 0) is 15.8 Å². The van der Waals surface area contributed by atoms with Gasteiger partial charge < -0.3 is 5.11 Å². The standard InChI is InChI=1S/C33H26ClN3O6S2/c34-27-11-9-24-10-13-28(36-31(24)19-27)12-6-22-2-1-3-26(18-22)32(44-21-23-4-7-25(8-5-23)33(38)39)20-35-45(42,43)30-16-14-29(15-17-30)37(40)41/h1-19,32,35H,20-21H2,(H,38,39)/b12-6+.